The van der Waals surface area contributed by atoms with Crippen molar-refractivity contribution < 1.29 is 5.11 Å². The van der Waals surface area contributed by atoms with E-state index in [1.54, 1.807) is 18.2 Å². The standard InChI is InChI=1S/C10H10Cl2N2O/c11-7-2-1-3-8(12)10(7)9(6-13)14-4-5-15/h1-3,9,14-15H,4-5H2. The summed E-state index contributed by atoms with van der Waals surface area (Å²) < 4.78 is 0. The second-order valence-electron chi connectivity index (χ2n) is 2.88. The first-order valence-electron chi connectivity index (χ1n) is 4.38. The largest absolute Gasteiger partial charge is 0.395 e. The molecule has 3 nitrogen and oxygen atoms in total. The molecule has 1 atom stereocenters. The second kappa shape index (κ2) is 5.94. The lowest BCUT2D eigenvalue weighted by atomic mass is 10.1. The second-order valence-corrected chi connectivity index (χ2v) is 3.69. The number of aliphatic hydroxyl groups excluding tert-OH is 1. The Balaban J connectivity index is 2.97. The molecule has 1 aromatic rings. The van der Waals surface area contributed by atoms with Crippen LogP contribution < -0.4 is 5.32 Å². The van der Waals surface area contributed by atoms with E-state index >= 15 is 0 Å². The maximum atomic E-state index is 8.94. The summed E-state index contributed by atoms with van der Waals surface area (Å²) in [5, 5.41) is 21.3. The summed E-state index contributed by atoms with van der Waals surface area (Å²) >= 11 is 11.9. The molecule has 15 heavy (non-hydrogen) atoms. The zero-order chi connectivity index (χ0) is 11.3. The Kier molecular flexibility index (Phi) is 4.86. The average Bonchev–Trinajstić information content (AvgIpc) is 2.22. The SMILES string of the molecule is N#CC(NCCO)c1c(Cl)cccc1Cl. The summed E-state index contributed by atoms with van der Waals surface area (Å²) in [4.78, 5) is 0. The summed E-state index contributed by atoms with van der Waals surface area (Å²) in [5.74, 6) is 0. The zero-order valence-corrected chi connectivity index (χ0v) is 9.39. The third-order valence-electron chi connectivity index (χ3n) is 1.88. The van der Waals surface area contributed by atoms with Gasteiger partial charge in [0.15, 0.2) is 0 Å². The number of nitriles is 1. The van der Waals surface area contributed by atoms with E-state index in [0.29, 0.717) is 22.2 Å². The predicted molar refractivity (Wildman–Crippen MR) is 59.9 cm³/mol. The molecule has 0 spiro atoms. The lowest BCUT2D eigenvalue weighted by Crippen LogP contribution is -2.23. The van der Waals surface area contributed by atoms with E-state index in [9.17, 15) is 0 Å². The highest BCUT2D eigenvalue weighted by Crippen LogP contribution is 2.29. The van der Waals surface area contributed by atoms with Crippen molar-refractivity contribution in [2.45, 2.75) is 6.04 Å². The van der Waals surface area contributed by atoms with Crippen LogP contribution in [0.4, 0.5) is 0 Å². The van der Waals surface area contributed by atoms with Gasteiger partial charge in [0.05, 0.1) is 12.7 Å². The highest BCUT2D eigenvalue weighted by atomic mass is 35.5. The van der Waals surface area contributed by atoms with Crippen LogP contribution in [0.15, 0.2) is 18.2 Å². The maximum Gasteiger partial charge on any atom is 0.124 e. The zero-order valence-electron chi connectivity index (χ0n) is 7.87. The van der Waals surface area contributed by atoms with Crippen LogP contribution in [0, 0.1) is 11.3 Å². The first-order chi connectivity index (χ1) is 7.20. The molecule has 0 saturated heterocycles. The van der Waals surface area contributed by atoms with Crippen LogP contribution in [-0.4, -0.2) is 18.3 Å². The van der Waals surface area contributed by atoms with Gasteiger partial charge in [-0.2, -0.15) is 5.26 Å². The van der Waals surface area contributed by atoms with E-state index in [1.807, 2.05) is 6.07 Å². The van der Waals surface area contributed by atoms with Gasteiger partial charge in [0.25, 0.3) is 0 Å². The molecule has 80 valence electrons. The van der Waals surface area contributed by atoms with Crippen LogP contribution in [0.25, 0.3) is 0 Å². The van der Waals surface area contributed by atoms with Crippen molar-refractivity contribution in [2.75, 3.05) is 13.2 Å². The molecule has 0 amide bonds. The minimum Gasteiger partial charge on any atom is -0.395 e. The molecule has 0 saturated carbocycles. The fourth-order valence-corrected chi connectivity index (χ4v) is 1.82. The summed E-state index contributed by atoms with van der Waals surface area (Å²) in [6.45, 7) is 0.278. The smallest absolute Gasteiger partial charge is 0.124 e. The van der Waals surface area contributed by atoms with E-state index in [4.69, 9.17) is 33.6 Å². The van der Waals surface area contributed by atoms with Gasteiger partial charge in [-0.15, -0.1) is 0 Å². The van der Waals surface area contributed by atoms with Gasteiger partial charge < -0.3 is 5.11 Å². The number of hydrogen-bond acceptors (Lipinski definition) is 3. The Hall–Kier alpha value is -0.790. The minimum atomic E-state index is -0.599. The first kappa shape index (κ1) is 12.3. The topological polar surface area (TPSA) is 56.0 Å². The van der Waals surface area contributed by atoms with Gasteiger partial charge in [0.1, 0.15) is 6.04 Å². The average molecular weight is 245 g/mol. The Morgan fingerprint density at radius 3 is 2.47 bits per heavy atom. The van der Waals surface area contributed by atoms with Gasteiger partial charge in [0.2, 0.25) is 0 Å². The number of nitrogens with one attached hydrogen (secondary N) is 1. The van der Waals surface area contributed by atoms with Gasteiger partial charge in [-0.1, -0.05) is 29.3 Å². The molecule has 5 heteroatoms. The molecule has 1 aromatic carbocycles. The normalized spacial score (nSPS) is 12.1. The van der Waals surface area contributed by atoms with Crippen molar-refractivity contribution in [3.05, 3.63) is 33.8 Å². The van der Waals surface area contributed by atoms with E-state index in [0.717, 1.165) is 0 Å². The lowest BCUT2D eigenvalue weighted by molar-refractivity contribution is 0.289. The molecule has 1 rings (SSSR count). The molecule has 0 heterocycles. The van der Waals surface area contributed by atoms with Crippen LogP contribution in [0.5, 0.6) is 0 Å². The van der Waals surface area contributed by atoms with Crippen LogP contribution in [0.1, 0.15) is 11.6 Å². The molecule has 0 aliphatic carbocycles. The molecule has 1 unspecified atom stereocenters. The molecule has 0 aliphatic heterocycles. The van der Waals surface area contributed by atoms with E-state index in [1.165, 1.54) is 0 Å². The minimum absolute atomic E-state index is 0.0414. The van der Waals surface area contributed by atoms with Crippen molar-refractivity contribution >= 4 is 23.2 Å². The quantitative estimate of drug-likeness (QED) is 0.854. The van der Waals surface area contributed by atoms with Crippen LogP contribution in [0.2, 0.25) is 10.0 Å². The van der Waals surface area contributed by atoms with Crippen LogP contribution in [0.3, 0.4) is 0 Å². The van der Waals surface area contributed by atoms with Crippen molar-refractivity contribution in [3.63, 3.8) is 0 Å². The van der Waals surface area contributed by atoms with Crippen LogP contribution >= 0.6 is 23.2 Å². The Bertz CT molecular complexity index is 356. The Labute approximate surface area is 98.2 Å². The fourth-order valence-electron chi connectivity index (χ4n) is 1.21. The van der Waals surface area contributed by atoms with Crippen molar-refractivity contribution in [1.82, 2.24) is 5.32 Å². The summed E-state index contributed by atoms with van der Waals surface area (Å²) in [7, 11) is 0. The molecular weight excluding hydrogens is 235 g/mol. The highest BCUT2D eigenvalue weighted by Gasteiger charge is 2.16. The van der Waals surface area contributed by atoms with Gasteiger partial charge in [-0.3, -0.25) is 5.32 Å². The van der Waals surface area contributed by atoms with E-state index < -0.39 is 6.04 Å². The first-order valence-corrected chi connectivity index (χ1v) is 5.14. The lowest BCUT2D eigenvalue weighted by Gasteiger charge is -2.13. The summed E-state index contributed by atoms with van der Waals surface area (Å²) in [6, 6.07) is 6.51. The molecule has 0 aromatic heterocycles. The molecule has 0 fully saturated rings. The van der Waals surface area contributed by atoms with Gasteiger partial charge >= 0.3 is 0 Å². The summed E-state index contributed by atoms with van der Waals surface area (Å²) in [6.07, 6.45) is 0. The number of benzene rings is 1. The molecule has 0 aliphatic rings. The Morgan fingerprint density at radius 2 is 2.00 bits per heavy atom. The predicted octanol–water partition coefficient (Wildman–Crippen LogP) is 2.14. The molecule has 0 bridgehead atoms. The highest BCUT2D eigenvalue weighted by molar-refractivity contribution is 6.36. The van der Waals surface area contributed by atoms with Crippen molar-refractivity contribution in [3.8, 4) is 6.07 Å². The summed E-state index contributed by atoms with van der Waals surface area (Å²) in [5.41, 5.74) is 0.553. The number of aliphatic hydroxyl groups is 1. The molecule has 0 radical (unpaired) electrons. The van der Waals surface area contributed by atoms with Gasteiger partial charge in [-0.05, 0) is 12.1 Å². The van der Waals surface area contributed by atoms with Gasteiger partial charge in [0, 0.05) is 22.2 Å². The molecule has 2 N–H and O–H groups in total. The van der Waals surface area contributed by atoms with E-state index in [-0.39, 0.29) is 6.61 Å². The third-order valence-corrected chi connectivity index (χ3v) is 2.54. The fraction of sp³-hybridized carbons (Fsp3) is 0.300. The van der Waals surface area contributed by atoms with Gasteiger partial charge in [-0.25, -0.2) is 0 Å². The molecular formula is C10H10Cl2N2O. The monoisotopic (exact) mass is 244 g/mol. The number of hydrogen-bond donors (Lipinski definition) is 2. The maximum absolute atomic E-state index is 8.94. The Morgan fingerprint density at radius 1 is 1.40 bits per heavy atom. The number of rotatable bonds is 4. The van der Waals surface area contributed by atoms with Crippen LogP contribution in [-0.2, 0) is 0 Å². The van der Waals surface area contributed by atoms with Crippen molar-refractivity contribution in [1.29, 1.82) is 5.26 Å². The van der Waals surface area contributed by atoms with E-state index in [2.05, 4.69) is 5.32 Å². The van der Waals surface area contributed by atoms with Crippen molar-refractivity contribution in [2.24, 2.45) is 0 Å². The third kappa shape index (κ3) is 3.08. The number of halogens is 2. The number of nitrogens with zero attached hydrogens (tertiary/aromatic N) is 1.